The smallest absolute Gasteiger partial charge is 0.143 e. The summed E-state index contributed by atoms with van der Waals surface area (Å²) >= 11 is 0. The van der Waals surface area contributed by atoms with Crippen LogP contribution in [0.4, 0.5) is 5.69 Å². The van der Waals surface area contributed by atoms with Crippen LogP contribution in [0.25, 0.3) is 10.8 Å². The van der Waals surface area contributed by atoms with Gasteiger partial charge in [-0.1, -0.05) is 24.3 Å². The molecule has 0 aromatic heterocycles. The molecule has 1 heterocycles. The Kier molecular flexibility index (Phi) is 2.23. The number of hydrogen-bond donors (Lipinski definition) is 2. The molecule has 3 heteroatoms. The fourth-order valence-electron chi connectivity index (χ4n) is 2.12. The zero-order valence-corrected chi connectivity index (χ0v) is 9.73. The van der Waals surface area contributed by atoms with Crippen molar-refractivity contribution < 1.29 is 9.84 Å². The molecule has 0 radical (unpaired) electrons. The third-order valence-electron chi connectivity index (χ3n) is 3.18. The van der Waals surface area contributed by atoms with Crippen LogP contribution in [0, 0.1) is 0 Å². The van der Waals surface area contributed by atoms with Crippen molar-refractivity contribution in [2.75, 3.05) is 18.5 Å². The quantitative estimate of drug-likeness (QED) is 0.789. The molecule has 1 aliphatic heterocycles. The molecule has 0 saturated carbocycles. The molecule has 3 rings (SSSR count). The van der Waals surface area contributed by atoms with Crippen molar-refractivity contribution in [3.8, 4) is 5.75 Å². The number of ether oxygens (including phenoxy) is 1. The molecule has 2 aromatic rings. The van der Waals surface area contributed by atoms with Gasteiger partial charge in [0.15, 0.2) is 0 Å². The topological polar surface area (TPSA) is 41.5 Å². The molecular formula is C14H15NO2. The largest absolute Gasteiger partial charge is 0.489 e. The monoisotopic (exact) mass is 229 g/mol. The van der Waals surface area contributed by atoms with E-state index >= 15 is 0 Å². The molecule has 88 valence electrons. The van der Waals surface area contributed by atoms with Crippen molar-refractivity contribution >= 4 is 16.5 Å². The molecule has 0 saturated heterocycles. The first kappa shape index (κ1) is 10.4. The molecule has 2 N–H and O–H groups in total. The van der Waals surface area contributed by atoms with Gasteiger partial charge in [-0.2, -0.15) is 0 Å². The van der Waals surface area contributed by atoms with Crippen LogP contribution in [-0.4, -0.2) is 23.9 Å². The van der Waals surface area contributed by atoms with Gasteiger partial charge in [0.2, 0.25) is 0 Å². The van der Waals surface area contributed by atoms with Crippen molar-refractivity contribution in [1.82, 2.24) is 0 Å². The Morgan fingerprint density at radius 1 is 1.29 bits per heavy atom. The summed E-state index contributed by atoms with van der Waals surface area (Å²) in [5.74, 6) is 0.856. The van der Waals surface area contributed by atoms with Gasteiger partial charge in [-0.25, -0.2) is 0 Å². The molecule has 0 spiro atoms. The van der Waals surface area contributed by atoms with Gasteiger partial charge in [0.1, 0.15) is 12.4 Å². The van der Waals surface area contributed by atoms with Crippen LogP contribution >= 0.6 is 0 Å². The third-order valence-corrected chi connectivity index (χ3v) is 3.18. The SMILES string of the molecule is CC1(CO)COc2cc3ccccc3cc2N1. The maximum atomic E-state index is 9.35. The summed E-state index contributed by atoms with van der Waals surface area (Å²) in [6.07, 6.45) is 0. The molecule has 1 unspecified atom stereocenters. The average Bonchev–Trinajstić information content (AvgIpc) is 2.36. The molecule has 2 aromatic carbocycles. The summed E-state index contributed by atoms with van der Waals surface area (Å²) in [6.45, 7) is 2.49. The van der Waals surface area contributed by atoms with Gasteiger partial charge in [-0.05, 0) is 29.8 Å². The molecule has 0 amide bonds. The highest BCUT2D eigenvalue weighted by molar-refractivity contribution is 5.89. The van der Waals surface area contributed by atoms with Gasteiger partial charge in [-0.15, -0.1) is 0 Å². The predicted octanol–water partition coefficient (Wildman–Crippen LogP) is 2.40. The zero-order valence-electron chi connectivity index (χ0n) is 9.73. The lowest BCUT2D eigenvalue weighted by molar-refractivity contribution is 0.150. The van der Waals surface area contributed by atoms with E-state index in [0.717, 1.165) is 11.4 Å². The Morgan fingerprint density at radius 2 is 2.00 bits per heavy atom. The van der Waals surface area contributed by atoms with E-state index in [-0.39, 0.29) is 6.61 Å². The number of hydrogen-bond acceptors (Lipinski definition) is 3. The summed E-state index contributed by atoms with van der Waals surface area (Å²) < 4.78 is 5.72. The summed E-state index contributed by atoms with van der Waals surface area (Å²) in [4.78, 5) is 0. The Morgan fingerprint density at radius 3 is 2.71 bits per heavy atom. The Bertz CT molecular complexity index is 567. The maximum absolute atomic E-state index is 9.35. The van der Waals surface area contributed by atoms with Crippen LogP contribution in [0.15, 0.2) is 36.4 Å². The third kappa shape index (κ3) is 1.72. The predicted molar refractivity (Wildman–Crippen MR) is 68.6 cm³/mol. The molecule has 3 nitrogen and oxygen atoms in total. The highest BCUT2D eigenvalue weighted by Gasteiger charge is 2.29. The minimum atomic E-state index is -0.393. The average molecular weight is 229 g/mol. The van der Waals surface area contributed by atoms with E-state index in [4.69, 9.17) is 4.74 Å². The Balaban J connectivity index is 2.11. The van der Waals surface area contributed by atoms with Gasteiger partial charge in [0.25, 0.3) is 0 Å². The number of rotatable bonds is 1. The number of benzene rings is 2. The molecule has 1 atom stereocenters. The number of aliphatic hydroxyl groups is 1. The second kappa shape index (κ2) is 3.64. The summed E-state index contributed by atoms with van der Waals surface area (Å²) in [5.41, 5.74) is 0.557. The Hall–Kier alpha value is -1.74. The van der Waals surface area contributed by atoms with Gasteiger partial charge >= 0.3 is 0 Å². The lowest BCUT2D eigenvalue weighted by Crippen LogP contribution is -2.47. The lowest BCUT2D eigenvalue weighted by Gasteiger charge is -2.35. The standard InChI is InChI=1S/C14H15NO2/c1-14(8-16)9-17-13-7-11-5-3-2-4-10(11)6-12(13)15-14/h2-7,15-16H,8-9H2,1H3. The van der Waals surface area contributed by atoms with Crippen LogP contribution in [0.1, 0.15) is 6.92 Å². The van der Waals surface area contributed by atoms with Crippen molar-refractivity contribution in [2.24, 2.45) is 0 Å². The zero-order chi connectivity index (χ0) is 11.9. The van der Waals surface area contributed by atoms with Crippen molar-refractivity contribution in [3.05, 3.63) is 36.4 Å². The van der Waals surface area contributed by atoms with Crippen molar-refractivity contribution in [3.63, 3.8) is 0 Å². The second-order valence-corrected chi connectivity index (χ2v) is 4.83. The van der Waals surface area contributed by atoms with Gasteiger partial charge in [0.05, 0.1) is 17.8 Å². The first-order valence-electron chi connectivity index (χ1n) is 5.75. The summed E-state index contributed by atoms with van der Waals surface area (Å²) in [7, 11) is 0. The van der Waals surface area contributed by atoms with E-state index < -0.39 is 5.54 Å². The van der Waals surface area contributed by atoms with E-state index in [0.29, 0.717) is 6.61 Å². The summed E-state index contributed by atoms with van der Waals surface area (Å²) in [5, 5.41) is 15.0. The van der Waals surface area contributed by atoms with Gasteiger partial charge in [0, 0.05) is 0 Å². The van der Waals surface area contributed by atoms with Gasteiger partial charge < -0.3 is 15.2 Å². The van der Waals surface area contributed by atoms with Gasteiger partial charge in [-0.3, -0.25) is 0 Å². The number of fused-ring (bicyclic) bond motifs is 2. The van der Waals surface area contributed by atoms with Crippen LogP contribution < -0.4 is 10.1 Å². The van der Waals surface area contributed by atoms with Crippen LogP contribution in [0.3, 0.4) is 0 Å². The molecule has 0 fully saturated rings. The Labute approximate surface area is 100 Å². The van der Waals surface area contributed by atoms with Crippen molar-refractivity contribution in [1.29, 1.82) is 0 Å². The fourth-order valence-corrected chi connectivity index (χ4v) is 2.12. The van der Waals surface area contributed by atoms with E-state index in [2.05, 4.69) is 23.5 Å². The minimum Gasteiger partial charge on any atom is -0.489 e. The van der Waals surface area contributed by atoms with E-state index in [9.17, 15) is 5.11 Å². The first-order valence-corrected chi connectivity index (χ1v) is 5.75. The molecule has 17 heavy (non-hydrogen) atoms. The highest BCUT2D eigenvalue weighted by Crippen LogP contribution is 2.35. The van der Waals surface area contributed by atoms with E-state index in [1.165, 1.54) is 10.8 Å². The normalized spacial score (nSPS) is 22.7. The van der Waals surface area contributed by atoms with E-state index in [1.807, 2.05) is 25.1 Å². The van der Waals surface area contributed by atoms with E-state index in [1.54, 1.807) is 0 Å². The second-order valence-electron chi connectivity index (χ2n) is 4.83. The highest BCUT2D eigenvalue weighted by atomic mass is 16.5. The number of anilines is 1. The number of aliphatic hydroxyl groups excluding tert-OH is 1. The van der Waals surface area contributed by atoms with Crippen molar-refractivity contribution in [2.45, 2.75) is 12.5 Å². The fraction of sp³-hybridized carbons (Fsp3) is 0.286. The van der Waals surface area contributed by atoms with Crippen LogP contribution in [-0.2, 0) is 0 Å². The molecule has 0 bridgehead atoms. The first-order chi connectivity index (χ1) is 8.20. The molecular weight excluding hydrogens is 214 g/mol. The summed E-state index contributed by atoms with van der Waals surface area (Å²) in [6, 6.07) is 12.3. The minimum absolute atomic E-state index is 0.0548. The number of nitrogens with one attached hydrogen (secondary N) is 1. The molecule has 0 aliphatic carbocycles. The van der Waals surface area contributed by atoms with Crippen LogP contribution in [0.5, 0.6) is 5.75 Å². The maximum Gasteiger partial charge on any atom is 0.143 e. The lowest BCUT2D eigenvalue weighted by atomic mass is 10.0. The van der Waals surface area contributed by atoms with Crippen LogP contribution in [0.2, 0.25) is 0 Å². The molecule has 1 aliphatic rings.